The number of piperazine rings is 1. The largest absolute Gasteiger partial charge is 0.488 e. The van der Waals surface area contributed by atoms with E-state index in [2.05, 4.69) is 21.9 Å². The molecule has 10 nitrogen and oxygen atoms in total. The van der Waals surface area contributed by atoms with Crippen LogP contribution < -0.4 is 10.5 Å². The van der Waals surface area contributed by atoms with E-state index in [-0.39, 0.29) is 36.3 Å². The summed E-state index contributed by atoms with van der Waals surface area (Å²) in [5.41, 5.74) is 7.30. The van der Waals surface area contributed by atoms with Crippen LogP contribution in [0.3, 0.4) is 0 Å². The SMILES string of the molecule is CC(=O)OC1=C(COc2cccc3c(CCN4CCN(CC(N)=O)CC4)cccc23)[C@H](C)C2[C@@H]([C@@H](C)O)C(=O)N12. The Morgan fingerprint density at radius 1 is 1.07 bits per heavy atom. The Labute approximate surface area is 234 Å². The van der Waals surface area contributed by atoms with Crippen LogP contribution >= 0.6 is 0 Å². The monoisotopic (exact) mass is 550 g/mol. The molecule has 0 aromatic heterocycles. The lowest BCUT2D eigenvalue weighted by atomic mass is 9.78. The van der Waals surface area contributed by atoms with Crippen molar-refractivity contribution in [1.29, 1.82) is 0 Å². The molecule has 40 heavy (non-hydrogen) atoms. The van der Waals surface area contributed by atoms with E-state index in [1.54, 1.807) is 6.92 Å². The zero-order valence-electron chi connectivity index (χ0n) is 23.3. The Morgan fingerprint density at radius 3 is 2.42 bits per heavy atom. The highest BCUT2D eigenvalue weighted by Crippen LogP contribution is 2.47. The molecule has 10 heteroatoms. The molecule has 3 heterocycles. The first kappa shape index (κ1) is 28.1. The lowest BCUT2D eigenvalue weighted by molar-refractivity contribution is -0.166. The smallest absolute Gasteiger partial charge is 0.309 e. The molecule has 3 aliphatic heterocycles. The van der Waals surface area contributed by atoms with Crippen LogP contribution in [0.2, 0.25) is 0 Å². The maximum Gasteiger partial charge on any atom is 0.309 e. The molecule has 0 aliphatic carbocycles. The van der Waals surface area contributed by atoms with Crippen LogP contribution in [0.5, 0.6) is 5.75 Å². The van der Waals surface area contributed by atoms with Gasteiger partial charge >= 0.3 is 5.97 Å². The van der Waals surface area contributed by atoms with Gasteiger partial charge in [-0.25, -0.2) is 0 Å². The molecule has 1 unspecified atom stereocenters. The van der Waals surface area contributed by atoms with Gasteiger partial charge < -0.3 is 25.2 Å². The predicted molar refractivity (Wildman–Crippen MR) is 149 cm³/mol. The molecule has 4 atom stereocenters. The first-order valence-electron chi connectivity index (χ1n) is 13.9. The molecule has 2 amide bonds. The minimum Gasteiger partial charge on any atom is -0.488 e. The van der Waals surface area contributed by atoms with Crippen molar-refractivity contribution < 1.29 is 29.0 Å². The number of hydrogen-bond donors (Lipinski definition) is 2. The number of aliphatic hydroxyl groups is 1. The Bertz CT molecular complexity index is 1330. The molecule has 0 spiro atoms. The van der Waals surface area contributed by atoms with Crippen molar-refractivity contribution in [2.75, 3.05) is 45.9 Å². The maximum absolute atomic E-state index is 12.8. The third kappa shape index (κ3) is 5.43. The van der Waals surface area contributed by atoms with E-state index in [1.807, 2.05) is 31.2 Å². The maximum atomic E-state index is 12.8. The molecule has 2 fully saturated rings. The fraction of sp³-hybridized carbons (Fsp3) is 0.500. The summed E-state index contributed by atoms with van der Waals surface area (Å²) >= 11 is 0. The minimum absolute atomic E-state index is 0.124. The Hall–Kier alpha value is -3.47. The van der Waals surface area contributed by atoms with Gasteiger partial charge in [-0.15, -0.1) is 0 Å². The van der Waals surface area contributed by atoms with Gasteiger partial charge in [0.25, 0.3) is 0 Å². The van der Waals surface area contributed by atoms with Crippen molar-refractivity contribution in [3.63, 3.8) is 0 Å². The number of carbonyl (C=O) groups is 3. The molecule has 0 saturated carbocycles. The molecule has 3 aliphatic rings. The zero-order valence-corrected chi connectivity index (χ0v) is 23.3. The first-order valence-corrected chi connectivity index (χ1v) is 13.9. The molecule has 5 rings (SSSR count). The number of ether oxygens (including phenoxy) is 2. The summed E-state index contributed by atoms with van der Waals surface area (Å²) in [5.74, 6) is -0.714. The van der Waals surface area contributed by atoms with Crippen LogP contribution in [0.25, 0.3) is 10.8 Å². The number of β-lactam (4-membered cyclic amide) rings is 1. The van der Waals surface area contributed by atoms with Gasteiger partial charge in [0.15, 0.2) is 0 Å². The van der Waals surface area contributed by atoms with Crippen LogP contribution in [0.1, 0.15) is 26.3 Å². The topological polar surface area (TPSA) is 126 Å². The summed E-state index contributed by atoms with van der Waals surface area (Å²) in [7, 11) is 0. The summed E-state index contributed by atoms with van der Waals surface area (Å²) in [6.07, 6.45) is 0.0973. The van der Waals surface area contributed by atoms with Crippen molar-refractivity contribution >= 4 is 28.6 Å². The van der Waals surface area contributed by atoms with Gasteiger partial charge in [-0.2, -0.15) is 0 Å². The standard InChI is InChI=1S/C30H38N4O6/c1-18-24(30(40-20(3)36)34-28(18)27(19(2)35)29(34)38)17-39-25-9-5-7-22-21(6-4-8-23(22)25)10-11-32-12-14-33(15-13-32)16-26(31)37/h4-9,18-19,27-28,35H,10-17H2,1-3H3,(H2,31,37)/t18-,19+,27+,28?/m0/s1. The summed E-state index contributed by atoms with van der Waals surface area (Å²) < 4.78 is 11.8. The van der Waals surface area contributed by atoms with Gasteiger partial charge in [0.2, 0.25) is 17.7 Å². The van der Waals surface area contributed by atoms with Gasteiger partial charge in [0, 0.05) is 56.5 Å². The number of benzene rings is 2. The number of nitrogens with two attached hydrogens (primary N) is 1. The Balaban J connectivity index is 1.29. The highest BCUT2D eigenvalue weighted by molar-refractivity contribution is 5.91. The number of esters is 1. The zero-order chi connectivity index (χ0) is 28.6. The predicted octanol–water partition coefficient (Wildman–Crippen LogP) is 1.50. The second-order valence-corrected chi connectivity index (χ2v) is 11.1. The lowest BCUT2D eigenvalue weighted by Crippen LogP contribution is -2.63. The number of primary amides is 1. The average Bonchev–Trinajstić information content (AvgIpc) is 3.12. The fourth-order valence-corrected chi connectivity index (χ4v) is 6.31. The van der Waals surface area contributed by atoms with Crippen molar-refractivity contribution in [2.45, 2.75) is 39.3 Å². The highest BCUT2D eigenvalue weighted by Gasteiger charge is 2.59. The molecule has 214 valence electrons. The number of nitrogens with zero attached hydrogens (tertiary/aromatic N) is 3. The van der Waals surface area contributed by atoms with Gasteiger partial charge in [-0.05, 0) is 30.4 Å². The van der Waals surface area contributed by atoms with E-state index < -0.39 is 18.0 Å². The molecule has 0 radical (unpaired) electrons. The summed E-state index contributed by atoms with van der Waals surface area (Å²) in [5, 5.41) is 12.3. The van der Waals surface area contributed by atoms with E-state index in [1.165, 1.54) is 17.4 Å². The van der Waals surface area contributed by atoms with Crippen molar-refractivity contribution in [2.24, 2.45) is 17.6 Å². The molecule has 3 N–H and O–H groups in total. The summed E-state index contributed by atoms with van der Waals surface area (Å²) in [4.78, 5) is 41.8. The van der Waals surface area contributed by atoms with Crippen LogP contribution in [-0.2, 0) is 25.5 Å². The van der Waals surface area contributed by atoms with E-state index >= 15 is 0 Å². The third-order valence-electron chi connectivity index (χ3n) is 8.40. The van der Waals surface area contributed by atoms with Gasteiger partial charge in [0.1, 0.15) is 12.4 Å². The van der Waals surface area contributed by atoms with E-state index in [4.69, 9.17) is 15.2 Å². The van der Waals surface area contributed by atoms with E-state index in [9.17, 15) is 19.5 Å². The van der Waals surface area contributed by atoms with Crippen LogP contribution in [-0.4, -0.2) is 95.6 Å². The fourth-order valence-electron chi connectivity index (χ4n) is 6.31. The van der Waals surface area contributed by atoms with Crippen LogP contribution in [0.15, 0.2) is 47.9 Å². The number of fused-ring (bicyclic) bond motifs is 2. The van der Waals surface area contributed by atoms with Crippen molar-refractivity contribution in [1.82, 2.24) is 14.7 Å². The quantitative estimate of drug-likeness (QED) is 0.337. The Kier molecular flexibility index (Phi) is 8.11. The summed E-state index contributed by atoms with van der Waals surface area (Å²) in [6, 6.07) is 12.0. The highest BCUT2D eigenvalue weighted by atomic mass is 16.6. The van der Waals surface area contributed by atoms with E-state index in [0.29, 0.717) is 12.3 Å². The van der Waals surface area contributed by atoms with Gasteiger partial charge in [-0.3, -0.25) is 24.2 Å². The van der Waals surface area contributed by atoms with Gasteiger partial charge in [0.05, 0.1) is 24.6 Å². The van der Waals surface area contributed by atoms with Gasteiger partial charge in [-0.1, -0.05) is 37.3 Å². The number of aliphatic hydroxyl groups excluding tert-OH is 1. The van der Waals surface area contributed by atoms with Crippen LogP contribution in [0.4, 0.5) is 0 Å². The Morgan fingerprint density at radius 2 is 1.75 bits per heavy atom. The third-order valence-corrected chi connectivity index (χ3v) is 8.40. The number of rotatable bonds is 10. The number of amides is 2. The second-order valence-electron chi connectivity index (χ2n) is 11.1. The molecular weight excluding hydrogens is 512 g/mol. The molecule has 2 aromatic carbocycles. The molecule has 2 aromatic rings. The second kappa shape index (κ2) is 11.6. The molecule has 2 saturated heterocycles. The lowest BCUT2D eigenvalue weighted by Gasteiger charge is -2.46. The van der Waals surface area contributed by atoms with Crippen molar-refractivity contribution in [3.05, 3.63) is 53.4 Å². The molecule has 0 bridgehead atoms. The normalized spacial score (nSPS) is 24.1. The first-order chi connectivity index (χ1) is 19.2. The minimum atomic E-state index is -0.787. The average molecular weight is 551 g/mol. The van der Waals surface area contributed by atoms with E-state index in [0.717, 1.165) is 55.5 Å². The number of carbonyl (C=O) groups excluding carboxylic acids is 3. The number of hydrogen-bond acceptors (Lipinski definition) is 8. The molecular formula is C30H38N4O6. The van der Waals surface area contributed by atoms with Crippen LogP contribution in [0, 0.1) is 11.8 Å². The van der Waals surface area contributed by atoms with Crippen molar-refractivity contribution in [3.8, 4) is 5.75 Å². The summed E-state index contributed by atoms with van der Waals surface area (Å²) in [6.45, 7) is 9.77.